The second-order valence-corrected chi connectivity index (χ2v) is 7.58. The number of aromatic nitrogens is 2. The number of piperidine rings is 1. The maximum Gasteiger partial charge on any atom is 0.137 e. The van der Waals surface area contributed by atoms with E-state index in [-0.39, 0.29) is 0 Å². The molecule has 0 spiro atoms. The van der Waals surface area contributed by atoms with Gasteiger partial charge in [0, 0.05) is 23.0 Å². The molecule has 0 amide bonds. The minimum atomic E-state index is 0.629. The molecule has 0 atom stereocenters. The molecule has 0 bridgehead atoms. The number of ether oxygens (including phenoxy) is 1. The van der Waals surface area contributed by atoms with E-state index in [4.69, 9.17) is 16.3 Å². The van der Waals surface area contributed by atoms with E-state index < -0.39 is 0 Å². The minimum absolute atomic E-state index is 0.629. The fraction of sp³-hybridized carbons (Fsp3) is 0.364. The van der Waals surface area contributed by atoms with Crippen LogP contribution >= 0.6 is 11.6 Å². The third-order valence-corrected chi connectivity index (χ3v) is 5.57. The average Bonchev–Trinajstić information content (AvgIpc) is 2.74. The van der Waals surface area contributed by atoms with E-state index in [1.54, 1.807) is 6.33 Å². The van der Waals surface area contributed by atoms with Gasteiger partial charge in [0.25, 0.3) is 0 Å². The van der Waals surface area contributed by atoms with E-state index in [9.17, 15) is 0 Å². The Balaban J connectivity index is 1.39. The van der Waals surface area contributed by atoms with Crippen LogP contribution in [0.4, 0.5) is 5.82 Å². The molecule has 0 radical (unpaired) electrons. The van der Waals surface area contributed by atoms with Crippen molar-refractivity contribution in [3.05, 3.63) is 59.4 Å². The Morgan fingerprint density at radius 3 is 2.82 bits per heavy atom. The van der Waals surface area contributed by atoms with Gasteiger partial charge in [-0.2, -0.15) is 0 Å². The molecule has 146 valence electrons. The Kier molecular flexibility index (Phi) is 6.24. The minimum Gasteiger partial charge on any atom is -0.493 e. The molecule has 4 rings (SSSR count). The van der Waals surface area contributed by atoms with Gasteiger partial charge in [0.05, 0.1) is 12.1 Å². The standard InChI is InChI=1S/C22H25ClN4O/c23-20-4-2-1-3-17(20)9-12-25-22-19-6-5-18(13-21(19)26-15-27-22)28-14-16-7-10-24-11-8-16/h1-6,13,15-16,24H,7-12,14H2,(H,25,26,27). The lowest BCUT2D eigenvalue weighted by Crippen LogP contribution is -2.30. The smallest absolute Gasteiger partial charge is 0.137 e. The summed E-state index contributed by atoms with van der Waals surface area (Å²) in [6.07, 6.45) is 4.78. The van der Waals surface area contributed by atoms with Crippen LogP contribution in [0.3, 0.4) is 0 Å². The molecular weight excluding hydrogens is 372 g/mol. The summed E-state index contributed by atoms with van der Waals surface area (Å²) < 4.78 is 6.02. The van der Waals surface area contributed by atoms with Crippen LogP contribution in [0, 0.1) is 5.92 Å². The highest BCUT2D eigenvalue weighted by Crippen LogP contribution is 2.25. The second kappa shape index (κ2) is 9.22. The van der Waals surface area contributed by atoms with Crippen molar-refractivity contribution < 1.29 is 4.74 Å². The number of fused-ring (bicyclic) bond motifs is 1. The van der Waals surface area contributed by atoms with Crippen LogP contribution in [0.25, 0.3) is 10.9 Å². The topological polar surface area (TPSA) is 59.1 Å². The second-order valence-electron chi connectivity index (χ2n) is 7.17. The first-order valence-electron chi connectivity index (χ1n) is 9.85. The average molecular weight is 397 g/mol. The molecule has 0 saturated carbocycles. The number of benzene rings is 2. The number of hydrogen-bond donors (Lipinski definition) is 2. The molecule has 0 unspecified atom stereocenters. The lowest BCUT2D eigenvalue weighted by molar-refractivity contribution is 0.215. The Bertz CT molecular complexity index is 927. The van der Waals surface area contributed by atoms with Gasteiger partial charge < -0.3 is 15.4 Å². The highest BCUT2D eigenvalue weighted by Gasteiger charge is 2.14. The largest absolute Gasteiger partial charge is 0.493 e. The molecule has 6 heteroatoms. The van der Waals surface area contributed by atoms with Crippen LogP contribution in [-0.4, -0.2) is 36.2 Å². The van der Waals surface area contributed by atoms with Gasteiger partial charge in [-0.1, -0.05) is 29.8 Å². The molecule has 1 aliphatic heterocycles. The maximum atomic E-state index is 6.23. The van der Waals surface area contributed by atoms with E-state index in [0.29, 0.717) is 5.92 Å². The van der Waals surface area contributed by atoms with Gasteiger partial charge in [-0.15, -0.1) is 0 Å². The molecule has 2 N–H and O–H groups in total. The highest BCUT2D eigenvalue weighted by atomic mass is 35.5. The summed E-state index contributed by atoms with van der Waals surface area (Å²) in [5, 5.41) is 8.59. The van der Waals surface area contributed by atoms with Crippen molar-refractivity contribution in [2.75, 3.05) is 31.6 Å². The van der Waals surface area contributed by atoms with E-state index in [0.717, 1.165) is 65.7 Å². The van der Waals surface area contributed by atoms with Crippen molar-refractivity contribution in [2.45, 2.75) is 19.3 Å². The van der Waals surface area contributed by atoms with Gasteiger partial charge in [-0.25, -0.2) is 9.97 Å². The summed E-state index contributed by atoms with van der Waals surface area (Å²) in [5.41, 5.74) is 2.02. The molecule has 1 saturated heterocycles. The highest BCUT2D eigenvalue weighted by molar-refractivity contribution is 6.31. The lowest BCUT2D eigenvalue weighted by atomic mass is 9.99. The zero-order valence-corrected chi connectivity index (χ0v) is 16.6. The van der Waals surface area contributed by atoms with Gasteiger partial charge in [0.1, 0.15) is 17.9 Å². The first-order valence-corrected chi connectivity index (χ1v) is 10.2. The quantitative estimate of drug-likeness (QED) is 0.623. The summed E-state index contributed by atoms with van der Waals surface area (Å²) in [6.45, 7) is 3.69. The third-order valence-electron chi connectivity index (χ3n) is 5.20. The van der Waals surface area contributed by atoms with Crippen LogP contribution in [0.2, 0.25) is 5.02 Å². The molecule has 5 nitrogen and oxygen atoms in total. The number of halogens is 1. The lowest BCUT2D eigenvalue weighted by Gasteiger charge is -2.22. The van der Waals surface area contributed by atoms with Crippen LogP contribution in [0.1, 0.15) is 18.4 Å². The monoisotopic (exact) mass is 396 g/mol. The summed E-state index contributed by atoms with van der Waals surface area (Å²) in [7, 11) is 0. The summed E-state index contributed by atoms with van der Waals surface area (Å²) in [6, 6.07) is 14.0. The van der Waals surface area contributed by atoms with Crippen LogP contribution in [0.15, 0.2) is 48.8 Å². The molecular formula is C22H25ClN4O. The molecule has 2 heterocycles. The summed E-state index contributed by atoms with van der Waals surface area (Å²) in [5.74, 6) is 2.33. The number of nitrogens with zero attached hydrogens (tertiary/aromatic N) is 2. The van der Waals surface area contributed by atoms with Gasteiger partial charge >= 0.3 is 0 Å². The molecule has 1 fully saturated rings. The van der Waals surface area contributed by atoms with Gasteiger partial charge in [0.2, 0.25) is 0 Å². The first-order chi connectivity index (χ1) is 13.8. The molecule has 0 aliphatic carbocycles. The van der Waals surface area contributed by atoms with Crippen LogP contribution in [-0.2, 0) is 6.42 Å². The number of hydrogen-bond acceptors (Lipinski definition) is 5. The van der Waals surface area contributed by atoms with Gasteiger partial charge in [-0.3, -0.25) is 0 Å². The molecule has 2 aromatic carbocycles. The van der Waals surface area contributed by atoms with E-state index in [1.165, 1.54) is 12.8 Å². The van der Waals surface area contributed by atoms with Crippen LogP contribution in [0.5, 0.6) is 5.75 Å². The van der Waals surface area contributed by atoms with E-state index >= 15 is 0 Å². The van der Waals surface area contributed by atoms with Crippen molar-refractivity contribution in [3.8, 4) is 5.75 Å². The molecule has 1 aliphatic rings. The van der Waals surface area contributed by atoms with Gasteiger partial charge in [0.15, 0.2) is 0 Å². The Morgan fingerprint density at radius 1 is 1.11 bits per heavy atom. The Labute approximate surface area is 170 Å². The predicted molar refractivity (Wildman–Crippen MR) is 114 cm³/mol. The fourth-order valence-electron chi connectivity index (χ4n) is 3.55. The Hall–Kier alpha value is -2.37. The third kappa shape index (κ3) is 4.72. The predicted octanol–water partition coefficient (Wildman–Crippen LogP) is 4.32. The fourth-order valence-corrected chi connectivity index (χ4v) is 3.78. The van der Waals surface area contributed by atoms with E-state index in [1.807, 2.05) is 42.5 Å². The van der Waals surface area contributed by atoms with Crippen molar-refractivity contribution >= 4 is 28.3 Å². The van der Waals surface area contributed by atoms with Crippen LogP contribution < -0.4 is 15.4 Å². The molecule has 28 heavy (non-hydrogen) atoms. The van der Waals surface area contributed by atoms with Crippen molar-refractivity contribution in [3.63, 3.8) is 0 Å². The maximum absolute atomic E-state index is 6.23. The summed E-state index contributed by atoms with van der Waals surface area (Å²) in [4.78, 5) is 8.82. The van der Waals surface area contributed by atoms with Crippen molar-refractivity contribution in [1.29, 1.82) is 0 Å². The SMILES string of the molecule is Clc1ccccc1CCNc1ncnc2cc(OCC3CCNCC3)ccc12. The first kappa shape index (κ1) is 19.0. The van der Waals surface area contributed by atoms with Crippen molar-refractivity contribution in [1.82, 2.24) is 15.3 Å². The summed E-state index contributed by atoms with van der Waals surface area (Å²) >= 11 is 6.23. The molecule has 1 aromatic heterocycles. The zero-order chi connectivity index (χ0) is 19.2. The van der Waals surface area contributed by atoms with E-state index in [2.05, 4.69) is 20.6 Å². The number of anilines is 1. The van der Waals surface area contributed by atoms with Crippen molar-refractivity contribution in [2.24, 2.45) is 5.92 Å². The normalized spacial score (nSPS) is 14.9. The number of nitrogens with one attached hydrogen (secondary N) is 2. The Morgan fingerprint density at radius 2 is 1.96 bits per heavy atom. The zero-order valence-electron chi connectivity index (χ0n) is 15.8. The number of rotatable bonds is 7. The molecule has 3 aromatic rings. The van der Waals surface area contributed by atoms with Gasteiger partial charge in [-0.05, 0) is 62.0 Å².